The van der Waals surface area contributed by atoms with E-state index in [1.807, 2.05) is 28.9 Å². The molecule has 0 aromatic carbocycles. The molecule has 1 unspecified atom stereocenters. The van der Waals surface area contributed by atoms with Gasteiger partial charge >= 0.3 is 0 Å². The van der Waals surface area contributed by atoms with Gasteiger partial charge in [-0.2, -0.15) is 9.61 Å². The van der Waals surface area contributed by atoms with Crippen LogP contribution in [-0.2, 0) is 0 Å². The van der Waals surface area contributed by atoms with Crippen molar-refractivity contribution in [3.8, 4) is 5.82 Å². The predicted molar refractivity (Wildman–Crippen MR) is 111 cm³/mol. The molecule has 0 aliphatic carbocycles. The van der Waals surface area contributed by atoms with Crippen LogP contribution in [0.1, 0.15) is 50.3 Å². The Bertz CT molecular complexity index is 925. The molecule has 29 heavy (non-hydrogen) atoms. The molecule has 0 N–H and O–H groups in total. The van der Waals surface area contributed by atoms with Crippen molar-refractivity contribution in [3.63, 3.8) is 0 Å². The second-order valence-electron chi connectivity index (χ2n) is 8.51. The minimum absolute atomic E-state index is 0.416. The molecular formula is C21H30N8. The number of rotatable bonds is 5. The van der Waals surface area contributed by atoms with Crippen LogP contribution in [0.4, 0.5) is 0 Å². The van der Waals surface area contributed by atoms with E-state index in [2.05, 4.69) is 32.1 Å². The fraction of sp³-hybridized carbons (Fsp3) is 0.619. The quantitative estimate of drug-likeness (QED) is 0.662. The molecule has 0 spiro atoms. The fourth-order valence-corrected chi connectivity index (χ4v) is 4.83. The van der Waals surface area contributed by atoms with Crippen LogP contribution >= 0.6 is 0 Å². The highest BCUT2D eigenvalue weighted by molar-refractivity contribution is 5.39. The molecule has 2 aliphatic heterocycles. The number of likely N-dealkylation sites (tertiary alicyclic amines) is 2. The summed E-state index contributed by atoms with van der Waals surface area (Å²) in [6, 6.07) is 6.58. The Labute approximate surface area is 171 Å². The summed E-state index contributed by atoms with van der Waals surface area (Å²) in [5.41, 5.74) is 0.804. The van der Waals surface area contributed by atoms with Crippen molar-refractivity contribution in [1.29, 1.82) is 0 Å². The van der Waals surface area contributed by atoms with Gasteiger partial charge in [0.15, 0.2) is 17.3 Å². The lowest BCUT2D eigenvalue weighted by atomic mass is 9.95. The third-order valence-electron chi connectivity index (χ3n) is 6.66. The summed E-state index contributed by atoms with van der Waals surface area (Å²) in [7, 11) is 2.29. The van der Waals surface area contributed by atoms with E-state index in [9.17, 15) is 0 Å². The van der Waals surface area contributed by atoms with Gasteiger partial charge in [0.2, 0.25) is 0 Å². The second kappa shape index (κ2) is 8.20. The minimum atomic E-state index is 0.416. The van der Waals surface area contributed by atoms with E-state index in [0.29, 0.717) is 5.92 Å². The molecule has 2 fully saturated rings. The topological polar surface area (TPSA) is 67.4 Å². The molecule has 3 aromatic heterocycles. The number of piperidine rings is 2. The molecule has 1 atom stereocenters. The van der Waals surface area contributed by atoms with E-state index >= 15 is 0 Å². The number of hydrogen-bond acceptors (Lipinski definition) is 6. The Hall–Kier alpha value is -2.32. The summed E-state index contributed by atoms with van der Waals surface area (Å²) in [5.74, 6) is 2.19. The van der Waals surface area contributed by atoms with Crippen LogP contribution in [-0.4, -0.2) is 78.7 Å². The molecule has 2 saturated heterocycles. The SMILES string of the molecule is CN1CCCCC1CCN1CCC(c2nnc3ccc(-n4cccn4)nn23)CC1. The van der Waals surface area contributed by atoms with E-state index in [0.717, 1.165) is 49.3 Å². The zero-order valence-corrected chi connectivity index (χ0v) is 17.2. The maximum atomic E-state index is 4.75. The van der Waals surface area contributed by atoms with Gasteiger partial charge in [-0.25, -0.2) is 4.68 Å². The molecule has 0 amide bonds. The van der Waals surface area contributed by atoms with Crippen molar-refractivity contribution in [3.05, 3.63) is 36.4 Å². The average molecular weight is 395 g/mol. The largest absolute Gasteiger partial charge is 0.303 e. The van der Waals surface area contributed by atoms with Gasteiger partial charge in [-0.3, -0.25) is 0 Å². The van der Waals surface area contributed by atoms with Crippen molar-refractivity contribution in [2.45, 2.75) is 50.5 Å². The minimum Gasteiger partial charge on any atom is -0.303 e. The van der Waals surface area contributed by atoms with Gasteiger partial charge in [-0.1, -0.05) is 6.42 Å². The first kappa shape index (κ1) is 18.7. The maximum absolute atomic E-state index is 4.75. The summed E-state index contributed by atoms with van der Waals surface area (Å²) in [5, 5.41) is 17.9. The van der Waals surface area contributed by atoms with E-state index < -0.39 is 0 Å². The van der Waals surface area contributed by atoms with Crippen LogP contribution < -0.4 is 0 Å². The van der Waals surface area contributed by atoms with Gasteiger partial charge in [0.05, 0.1) is 0 Å². The van der Waals surface area contributed by atoms with Crippen LogP contribution in [0.5, 0.6) is 0 Å². The van der Waals surface area contributed by atoms with E-state index in [-0.39, 0.29) is 0 Å². The van der Waals surface area contributed by atoms with Crippen LogP contribution in [0.3, 0.4) is 0 Å². The van der Waals surface area contributed by atoms with Gasteiger partial charge in [0, 0.05) is 24.4 Å². The number of hydrogen-bond donors (Lipinski definition) is 0. The lowest BCUT2D eigenvalue weighted by Gasteiger charge is -2.36. The summed E-state index contributed by atoms with van der Waals surface area (Å²) in [4.78, 5) is 5.19. The summed E-state index contributed by atoms with van der Waals surface area (Å²) >= 11 is 0. The highest BCUT2D eigenvalue weighted by Crippen LogP contribution is 2.27. The van der Waals surface area contributed by atoms with Gasteiger partial charge in [-0.05, 0) is 83.5 Å². The van der Waals surface area contributed by atoms with Crippen LogP contribution in [0.2, 0.25) is 0 Å². The van der Waals surface area contributed by atoms with Crippen molar-refractivity contribution >= 4 is 5.65 Å². The molecular weight excluding hydrogens is 364 g/mol. The Balaban J connectivity index is 1.22. The zero-order chi connectivity index (χ0) is 19.6. The molecule has 8 nitrogen and oxygen atoms in total. The van der Waals surface area contributed by atoms with Gasteiger partial charge in [0.25, 0.3) is 0 Å². The van der Waals surface area contributed by atoms with Crippen LogP contribution in [0.25, 0.3) is 11.5 Å². The number of nitrogens with zero attached hydrogens (tertiary/aromatic N) is 8. The fourth-order valence-electron chi connectivity index (χ4n) is 4.83. The normalized spacial score (nSPS) is 22.4. The molecule has 3 aromatic rings. The molecule has 0 bridgehead atoms. The first-order chi connectivity index (χ1) is 14.3. The van der Waals surface area contributed by atoms with Crippen molar-refractivity contribution in [2.75, 3.05) is 33.2 Å². The van der Waals surface area contributed by atoms with Crippen molar-refractivity contribution < 1.29 is 0 Å². The first-order valence-corrected chi connectivity index (χ1v) is 10.9. The van der Waals surface area contributed by atoms with Crippen LogP contribution in [0.15, 0.2) is 30.6 Å². The molecule has 2 aliphatic rings. The van der Waals surface area contributed by atoms with E-state index in [1.54, 1.807) is 10.9 Å². The lowest BCUT2D eigenvalue weighted by molar-refractivity contribution is 0.141. The van der Waals surface area contributed by atoms with Crippen LogP contribution in [0, 0.1) is 0 Å². The van der Waals surface area contributed by atoms with Gasteiger partial charge in [-0.15, -0.1) is 15.3 Å². The highest BCUT2D eigenvalue weighted by atomic mass is 15.4. The predicted octanol–water partition coefficient (Wildman–Crippen LogP) is 2.36. The maximum Gasteiger partial charge on any atom is 0.178 e. The Morgan fingerprint density at radius 1 is 1.03 bits per heavy atom. The second-order valence-corrected chi connectivity index (χ2v) is 8.51. The Morgan fingerprint density at radius 3 is 2.72 bits per heavy atom. The first-order valence-electron chi connectivity index (χ1n) is 10.9. The van der Waals surface area contributed by atoms with Gasteiger partial charge in [0.1, 0.15) is 0 Å². The Kier molecular flexibility index (Phi) is 5.28. The zero-order valence-electron chi connectivity index (χ0n) is 17.2. The van der Waals surface area contributed by atoms with E-state index in [4.69, 9.17) is 5.10 Å². The molecule has 5 heterocycles. The summed E-state index contributed by atoms with van der Waals surface area (Å²) in [6.45, 7) is 4.74. The monoisotopic (exact) mass is 394 g/mol. The third kappa shape index (κ3) is 3.91. The molecule has 0 saturated carbocycles. The number of aromatic nitrogens is 6. The summed E-state index contributed by atoms with van der Waals surface area (Å²) in [6.07, 6.45) is 11.3. The van der Waals surface area contributed by atoms with Crippen molar-refractivity contribution in [1.82, 2.24) is 39.4 Å². The smallest absolute Gasteiger partial charge is 0.178 e. The molecule has 0 radical (unpaired) electrons. The Morgan fingerprint density at radius 2 is 1.93 bits per heavy atom. The highest BCUT2D eigenvalue weighted by Gasteiger charge is 2.26. The summed E-state index contributed by atoms with van der Waals surface area (Å²) < 4.78 is 3.68. The number of fused-ring (bicyclic) bond motifs is 1. The average Bonchev–Trinajstić information content (AvgIpc) is 3.43. The molecule has 8 heteroatoms. The van der Waals surface area contributed by atoms with E-state index in [1.165, 1.54) is 38.8 Å². The molecule has 154 valence electrons. The molecule has 5 rings (SSSR count). The third-order valence-corrected chi connectivity index (χ3v) is 6.66. The standard InChI is InChI=1S/C21H30N8/c1-26-12-3-2-5-18(26)10-16-27-14-8-17(9-15-27)21-24-23-19-6-7-20(25-29(19)21)28-13-4-11-22-28/h4,6-7,11,13,17-18H,2-3,5,8-10,12,14-16H2,1H3. The van der Waals surface area contributed by atoms with Crippen molar-refractivity contribution in [2.24, 2.45) is 0 Å². The van der Waals surface area contributed by atoms with Gasteiger partial charge < -0.3 is 9.80 Å². The lowest BCUT2D eigenvalue weighted by Crippen LogP contribution is -2.41.